The van der Waals surface area contributed by atoms with Gasteiger partial charge in [-0.3, -0.25) is 4.79 Å². The average Bonchev–Trinajstić information content (AvgIpc) is 2.26. The predicted octanol–water partition coefficient (Wildman–Crippen LogP) is 3.07. The van der Waals surface area contributed by atoms with Crippen LogP contribution >= 0.6 is 15.9 Å². The summed E-state index contributed by atoms with van der Waals surface area (Å²) in [6.45, 7) is 2.46. The zero-order valence-corrected chi connectivity index (χ0v) is 10.8. The maximum Gasteiger partial charge on any atom is 0.174 e. The van der Waals surface area contributed by atoms with E-state index in [2.05, 4.69) is 15.9 Å². The molecule has 0 radical (unpaired) electrons. The maximum absolute atomic E-state index is 10.2. The molecule has 0 fully saturated rings. The number of carbonyl (C=O) groups is 1. The standard InChI is InChI=1S/C12H13BrO3/c1-3-16-11-8-9(5-4-6-14)7-10(13)12(11)15-2/h4-8H,3H2,1-2H3. The van der Waals surface area contributed by atoms with Crippen molar-refractivity contribution in [3.8, 4) is 11.5 Å². The third-order valence-corrected chi connectivity index (χ3v) is 2.49. The summed E-state index contributed by atoms with van der Waals surface area (Å²) in [6.07, 6.45) is 3.88. The van der Waals surface area contributed by atoms with Crippen LogP contribution in [-0.4, -0.2) is 20.0 Å². The molecule has 16 heavy (non-hydrogen) atoms. The summed E-state index contributed by atoms with van der Waals surface area (Å²) in [5, 5.41) is 0. The van der Waals surface area contributed by atoms with Crippen molar-refractivity contribution in [2.45, 2.75) is 6.92 Å². The average molecular weight is 285 g/mol. The van der Waals surface area contributed by atoms with E-state index in [4.69, 9.17) is 9.47 Å². The van der Waals surface area contributed by atoms with Gasteiger partial charge in [0.1, 0.15) is 6.29 Å². The van der Waals surface area contributed by atoms with E-state index >= 15 is 0 Å². The quantitative estimate of drug-likeness (QED) is 0.616. The molecule has 0 amide bonds. The summed E-state index contributed by atoms with van der Waals surface area (Å²) in [4.78, 5) is 10.2. The Bertz CT molecular complexity index is 399. The highest BCUT2D eigenvalue weighted by Crippen LogP contribution is 2.36. The Labute approximate surface area is 103 Å². The second kappa shape index (κ2) is 6.33. The first kappa shape index (κ1) is 12.8. The fraction of sp³-hybridized carbons (Fsp3) is 0.250. The van der Waals surface area contributed by atoms with E-state index in [9.17, 15) is 4.79 Å². The van der Waals surface area contributed by atoms with Gasteiger partial charge in [-0.1, -0.05) is 6.08 Å². The fourth-order valence-electron chi connectivity index (χ4n) is 1.30. The van der Waals surface area contributed by atoms with E-state index in [1.54, 1.807) is 13.2 Å². The zero-order chi connectivity index (χ0) is 12.0. The van der Waals surface area contributed by atoms with Crippen molar-refractivity contribution < 1.29 is 14.3 Å². The third kappa shape index (κ3) is 3.10. The summed E-state index contributed by atoms with van der Waals surface area (Å²) in [5.74, 6) is 1.31. The van der Waals surface area contributed by atoms with Gasteiger partial charge in [0, 0.05) is 0 Å². The van der Waals surface area contributed by atoms with Crippen molar-refractivity contribution in [1.82, 2.24) is 0 Å². The fourth-order valence-corrected chi connectivity index (χ4v) is 1.92. The lowest BCUT2D eigenvalue weighted by molar-refractivity contribution is -0.104. The van der Waals surface area contributed by atoms with E-state index in [0.29, 0.717) is 18.1 Å². The number of methoxy groups -OCH3 is 1. The molecule has 1 aromatic rings. The normalized spacial score (nSPS) is 10.4. The minimum atomic E-state index is 0.559. The van der Waals surface area contributed by atoms with Gasteiger partial charge in [0.25, 0.3) is 0 Å². The van der Waals surface area contributed by atoms with Crippen molar-refractivity contribution in [2.75, 3.05) is 13.7 Å². The SMILES string of the molecule is CCOc1cc(C=CC=O)cc(Br)c1OC. The highest BCUT2D eigenvalue weighted by atomic mass is 79.9. The van der Waals surface area contributed by atoms with Crippen LogP contribution < -0.4 is 9.47 Å². The number of allylic oxidation sites excluding steroid dienone is 1. The molecule has 0 saturated heterocycles. The van der Waals surface area contributed by atoms with Gasteiger partial charge in [-0.05, 0) is 46.6 Å². The number of carbonyl (C=O) groups excluding carboxylic acids is 1. The smallest absolute Gasteiger partial charge is 0.174 e. The molecule has 4 heteroatoms. The molecule has 3 nitrogen and oxygen atoms in total. The molecular weight excluding hydrogens is 272 g/mol. The molecule has 86 valence electrons. The first-order valence-corrected chi connectivity index (χ1v) is 5.64. The van der Waals surface area contributed by atoms with Crippen LogP contribution in [0.1, 0.15) is 12.5 Å². The number of rotatable bonds is 5. The van der Waals surface area contributed by atoms with Crippen molar-refractivity contribution in [2.24, 2.45) is 0 Å². The number of aldehydes is 1. The van der Waals surface area contributed by atoms with E-state index in [1.807, 2.05) is 19.1 Å². The molecule has 0 N–H and O–H groups in total. The second-order valence-electron chi connectivity index (χ2n) is 2.96. The Hall–Kier alpha value is -1.29. The number of ether oxygens (including phenoxy) is 2. The van der Waals surface area contributed by atoms with Crippen LogP contribution in [-0.2, 0) is 4.79 Å². The Balaban J connectivity index is 3.16. The Morgan fingerprint density at radius 1 is 1.44 bits per heavy atom. The van der Waals surface area contributed by atoms with Gasteiger partial charge in [-0.15, -0.1) is 0 Å². The first-order chi connectivity index (χ1) is 7.72. The summed E-state index contributed by atoms with van der Waals surface area (Å²) in [5.41, 5.74) is 0.878. The van der Waals surface area contributed by atoms with Crippen LogP contribution in [0.25, 0.3) is 6.08 Å². The minimum absolute atomic E-state index is 0.559. The molecule has 0 aliphatic heterocycles. The molecule has 0 saturated carbocycles. The summed E-state index contributed by atoms with van der Waals surface area (Å²) < 4.78 is 11.5. The van der Waals surface area contributed by atoms with Gasteiger partial charge in [-0.25, -0.2) is 0 Å². The molecule has 0 aliphatic carbocycles. The highest BCUT2D eigenvalue weighted by Gasteiger charge is 2.09. The van der Waals surface area contributed by atoms with E-state index in [-0.39, 0.29) is 0 Å². The highest BCUT2D eigenvalue weighted by molar-refractivity contribution is 9.10. The van der Waals surface area contributed by atoms with Gasteiger partial charge in [0.15, 0.2) is 11.5 Å². The van der Waals surface area contributed by atoms with Gasteiger partial charge in [-0.2, -0.15) is 0 Å². The number of hydrogen-bond donors (Lipinski definition) is 0. The molecule has 0 heterocycles. The summed E-state index contributed by atoms with van der Waals surface area (Å²) >= 11 is 3.39. The molecule has 1 aromatic carbocycles. The topological polar surface area (TPSA) is 35.5 Å². The lowest BCUT2D eigenvalue weighted by Gasteiger charge is -2.11. The number of halogens is 1. The Morgan fingerprint density at radius 2 is 2.19 bits per heavy atom. The Kier molecular flexibility index (Phi) is 5.05. The lowest BCUT2D eigenvalue weighted by atomic mass is 10.2. The van der Waals surface area contributed by atoms with Crippen molar-refractivity contribution >= 4 is 28.3 Å². The Morgan fingerprint density at radius 3 is 2.75 bits per heavy atom. The molecular formula is C12H13BrO3. The predicted molar refractivity (Wildman–Crippen MR) is 67.0 cm³/mol. The number of benzene rings is 1. The van der Waals surface area contributed by atoms with Crippen molar-refractivity contribution in [1.29, 1.82) is 0 Å². The van der Waals surface area contributed by atoms with E-state index in [1.165, 1.54) is 6.08 Å². The van der Waals surface area contributed by atoms with Gasteiger partial charge < -0.3 is 9.47 Å². The molecule has 0 aliphatic rings. The molecule has 1 rings (SSSR count). The first-order valence-electron chi connectivity index (χ1n) is 4.85. The third-order valence-electron chi connectivity index (χ3n) is 1.90. The largest absolute Gasteiger partial charge is 0.492 e. The number of hydrogen-bond acceptors (Lipinski definition) is 3. The molecule has 0 spiro atoms. The molecule has 0 bridgehead atoms. The molecule has 0 aromatic heterocycles. The van der Waals surface area contributed by atoms with Crippen LogP contribution in [0.4, 0.5) is 0 Å². The summed E-state index contributed by atoms with van der Waals surface area (Å²) in [6, 6.07) is 3.69. The summed E-state index contributed by atoms with van der Waals surface area (Å²) in [7, 11) is 1.59. The maximum atomic E-state index is 10.2. The van der Waals surface area contributed by atoms with Gasteiger partial charge >= 0.3 is 0 Å². The van der Waals surface area contributed by atoms with Crippen LogP contribution in [0.5, 0.6) is 11.5 Å². The minimum Gasteiger partial charge on any atom is -0.492 e. The van der Waals surface area contributed by atoms with Crippen LogP contribution in [0.2, 0.25) is 0 Å². The molecule has 0 atom stereocenters. The van der Waals surface area contributed by atoms with Crippen LogP contribution in [0, 0.1) is 0 Å². The van der Waals surface area contributed by atoms with Crippen LogP contribution in [0.15, 0.2) is 22.7 Å². The van der Waals surface area contributed by atoms with E-state index in [0.717, 1.165) is 16.3 Å². The monoisotopic (exact) mass is 284 g/mol. The van der Waals surface area contributed by atoms with E-state index < -0.39 is 0 Å². The van der Waals surface area contributed by atoms with Gasteiger partial charge in [0.2, 0.25) is 0 Å². The zero-order valence-electron chi connectivity index (χ0n) is 9.20. The second-order valence-corrected chi connectivity index (χ2v) is 3.82. The van der Waals surface area contributed by atoms with Crippen LogP contribution in [0.3, 0.4) is 0 Å². The molecule has 0 unspecified atom stereocenters. The van der Waals surface area contributed by atoms with Gasteiger partial charge in [0.05, 0.1) is 18.2 Å². The lowest BCUT2D eigenvalue weighted by Crippen LogP contribution is -1.96. The van der Waals surface area contributed by atoms with Crippen molar-refractivity contribution in [3.05, 3.63) is 28.2 Å². The van der Waals surface area contributed by atoms with Crippen molar-refractivity contribution in [3.63, 3.8) is 0 Å².